The summed E-state index contributed by atoms with van der Waals surface area (Å²) in [4.78, 5) is 16.2. The van der Waals surface area contributed by atoms with Gasteiger partial charge in [0.2, 0.25) is 0 Å². The summed E-state index contributed by atoms with van der Waals surface area (Å²) in [5.41, 5.74) is 2.71. The summed E-state index contributed by atoms with van der Waals surface area (Å²) in [7, 11) is 0. The van der Waals surface area contributed by atoms with Crippen LogP contribution in [0.3, 0.4) is 0 Å². The molecule has 2 nitrogen and oxygen atoms in total. The molecule has 1 aliphatic carbocycles. The Balaban J connectivity index is 0.00000220. The van der Waals surface area contributed by atoms with Gasteiger partial charge in [0.05, 0.1) is 0 Å². The SMILES string of the molecule is CC1=CCCC(CC#Cc2c[c-]c(C(C)C)cn2)C1=O.[HH].[Y]. The van der Waals surface area contributed by atoms with E-state index in [1.807, 2.05) is 25.3 Å². The van der Waals surface area contributed by atoms with E-state index in [-0.39, 0.29) is 45.8 Å². The maximum Gasteiger partial charge on any atom is 0.162 e. The summed E-state index contributed by atoms with van der Waals surface area (Å²) < 4.78 is 0. The van der Waals surface area contributed by atoms with Crippen molar-refractivity contribution >= 4 is 5.78 Å². The van der Waals surface area contributed by atoms with Crippen LogP contribution in [-0.2, 0) is 37.5 Å². The first kappa shape index (κ1) is 18.3. The Kier molecular flexibility index (Phi) is 7.50. The van der Waals surface area contributed by atoms with Crippen LogP contribution in [0.1, 0.15) is 58.6 Å². The molecule has 1 heterocycles. The molecule has 0 aromatic carbocycles. The molecule has 1 aliphatic rings. The molecule has 0 saturated carbocycles. The van der Waals surface area contributed by atoms with Crippen molar-refractivity contribution in [2.75, 3.05) is 0 Å². The van der Waals surface area contributed by atoms with E-state index in [0.717, 1.165) is 29.7 Å². The van der Waals surface area contributed by atoms with Gasteiger partial charge in [-0.1, -0.05) is 26.1 Å². The minimum atomic E-state index is 0. The Bertz CT molecular complexity index is 581. The normalized spacial score (nSPS) is 17.6. The van der Waals surface area contributed by atoms with Gasteiger partial charge in [0, 0.05) is 46.5 Å². The van der Waals surface area contributed by atoms with Gasteiger partial charge in [0.15, 0.2) is 5.78 Å². The molecule has 0 bridgehead atoms. The second-order valence-corrected chi connectivity index (χ2v) is 5.57. The number of nitrogens with zero attached hydrogens (tertiary/aromatic N) is 1. The fourth-order valence-electron chi connectivity index (χ4n) is 2.26. The molecule has 0 fully saturated rings. The molecule has 1 aromatic rings. The third-order valence-corrected chi connectivity index (χ3v) is 3.63. The molecule has 1 radical (unpaired) electrons. The number of hydrogen-bond acceptors (Lipinski definition) is 2. The van der Waals surface area contributed by atoms with Crippen LogP contribution in [-0.4, -0.2) is 10.8 Å². The van der Waals surface area contributed by atoms with Crippen molar-refractivity contribution in [3.63, 3.8) is 0 Å². The quantitative estimate of drug-likeness (QED) is 0.593. The standard InChI is InChI=1S/C18H20NO.Y.H2/c1-13(2)16-10-11-17(19-12-16)9-5-8-15-7-4-6-14(3)18(15)20;;/h6,11-13,15H,4,7-8H2,1-3H3;;1H/q-1;;. The number of rotatable bonds is 2. The van der Waals surface area contributed by atoms with Gasteiger partial charge in [0.1, 0.15) is 0 Å². The molecule has 3 heteroatoms. The second kappa shape index (κ2) is 8.61. The molecule has 0 spiro atoms. The number of Topliss-reactive ketones (excluding diaryl/α,β-unsaturated/α-hetero) is 1. The maximum absolute atomic E-state index is 11.9. The summed E-state index contributed by atoms with van der Waals surface area (Å²) in [6.07, 6.45) is 6.37. The zero-order valence-electron chi connectivity index (χ0n) is 12.9. The summed E-state index contributed by atoms with van der Waals surface area (Å²) in [6.45, 7) is 6.12. The van der Waals surface area contributed by atoms with Crippen molar-refractivity contribution < 1.29 is 38.9 Å². The van der Waals surface area contributed by atoms with Crippen molar-refractivity contribution in [2.24, 2.45) is 5.92 Å². The van der Waals surface area contributed by atoms with E-state index in [0.29, 0.717) is 12.3 Å². The summed E-state index contributed by atoms with van der Waals surface area (Å²) in [6, 6.07) is 5.03. The van der Waals surface area contributed by atoms with E-state index >= 15 is 0 Å². The van der Waals surface area contributed by atoms with Gasteiger partial charge in [-0.2, -0.15) is 6.07 Å². The molecule has 0 saturated heterocycles. The van der Waals surface area contributed by atoms with Gasteiger partial charge in [-0.15, -0.1) is 23.5 Å². The van der Waals surface area contributed by atoms with Crippen LogP contribution in [0.2, 0.25) is 0 Å². The van der Waals surface area contributed by atoms with Crippen molar-refractivity contribution in [3.05, 3.63) is 41.2 Å². The van der Waals surface area contributed by atoms with Crippen molar-refractivity contribution in [1.29, 1.82) is 0 Å². The number of allylic oxidation sites excluding steroid dienone is 2. The largest absolute Gasteiger partial charge is 0.375 e. The maximum atomic E-state index is 11.9. The van der Waals surface area contributed by atoms with Crippen LogP contribution in [0.25, 0.3) is 0 Å². The van der Waals surface area contributed by atoms with Crippen LogP contribution in [0.15, 0.2) is 23.9 Å². The van der Waals surface area contributed by atoms with E-state index in [1.165, 1.54) is 0 Å². The number of ketones is 1. The zero-order valence-corrected chi connectivity index (χ0v) is 15.8. The van der Waals surface area contributed by atoms with E-state index in [2.05, 4.69) is 36.7 Å². The second-order valence-electron chi connectivity index (χ2n) is 5.57. The minimum absolute atomic E-state index is 0. The molecule has 1 unspecified atom stereocenters. The number of carbonyl (C=O) groups is 1. The van der Waals surface area contributed by atoms with E-state index in [4.69, 9.17) is 0 Å². The predicted octanol–water partition coefficient (Wildman–Crippen LogP) is 3.92. The minimum Gasteiger partial charge on any atom is -0.375 e. The number of pyridine rings is 1. The zero-order chi connectivity index (χ0) is 14.5. The van der Waals surface area contributed by atoms with Crippen LogP contribution in [0.5, 0.6) is 0 Å². The topological polar surface area (TPSA) is 30.0 Å². The van der Waals surface area contributed by atoms with Crippen molar-refractivity contribution in [2.45, 2.75) is 46.0 Å². The number of hydrogen-bond donors (Lipinski definition) is 0. The third kappa shape index (κ3) is 5.17. The van der Waals surface area contributed by atoms with Gasteiger partial charge in [0.25, 0.3) is 0 Å². The molecular formula is C18H22NOY-. The van der Waals surface area contributed by atoms with Gasteiger partial charge >= 0.3 is 0 Å². The monoisotopic (exact) mass is 357 g/mol. The number of carbonyl (C=O) groups excluding carboxylic acids is 1. The first-order valence-corrected chi connectivity index (χ1v) is 7.15. The van der Waals surface area contributed by atoms with Gasteiger partial charge < -0.3 is 4.98 Å². The molecule has 0 amide bonds. The van der Waals surface area contributed by atoms with Crippen LogP contribution in [0, 0.1) is 23.8 Å². The fourth-order valence-corrected chi connectivity index (χ4v) is 2.26. The predicted molar refractivity (Wildman–Crippen MR) is 82.3 cm³/mol. The summed E-state index contributed by atoms with van der Waals surface area (Å²) in [5, 5.41) is 0. The molecule has 0 N–H and O–H groups in total. The average molecular weight is 357 g/mol. The Labute approximate surface area is 154 Å². The molecule has 1 aromatic heterocycles. The molecule has 21 heavy (non-hydrogen) atoms. The van der Waals surface area contributed by atoms with Crippen LogP contribution >= 0.6 is 0 Å². The van der Waals surface area contributed by atoms with E-state index in [1.54, 1.807) is 0 Å². The van der Waals surface area contributed by atoms with E-state index < -0.39 is 0 Å². The Morgan fingerprint density at radius 1 is 1.52 bits per heavy atom. The smallest absolute Gasteiger partial charge is 0.162 e. The van der Waals surface area contributed by atoms with Crippen LogP contribution < -0.4 is 0 Å². The third-order valence-electron chi connectivity index (χ3n) is 3.63. The van der Waals surface area contributed by atoms with Gasteiger partial charge in [-0.3, -0.25) is 4.79 Å². The first-order chi connectivity index (χ1) is 9.58. The molecule has 109 valence electrons. The number of aromatic nitrogens is 1. The molecule has 1 atom stereocenters. The molecule has 0 aliphatic heterocycles. The Morgan fingerprint density at radius 2 is 2.29 bits per heavy atom. The molecular weight excluding hydrogens is 335 g/mol. The van der Waals surface area contributed by atoms with Gasteiger partial charge in [-0.25, -0.2) is 0 Å². The Hall–Kier alpha value is -0.776. The van der Waals surface area contributed by atoms with Crippen LogP contribution in [0.4, 0.5) is 0 Å². The summed E-state index contributed by atoms with van der Waals surface area (Å²) in [5.74, 6) is 6.86. The average Bonchev–Trinajstić information content (AvgIpc) is 2.44. The fraction of sp³-hybridized carbons (Fsp3) is 0.444. The Morgan fingerprint density at radius 3 is 2.90 bits per heavy atom. The summed E-state index contributed by atoms with van der Waals surface area (Å²) >= 11 is 0. The van der Waals surface area contributed by atoms with Crippen molar-refractivity contribution in [3.8, 4) is 11.8 Å². The molecule has 2 rings (SSSR count). The van der Waals surface area contributed by atoms with E-state index in [9.17, 15) is 4.79 Å². The van der Waals surface area contributed by atoms with Crippen molar-refractivity contribution in [1.82, 2.24) is 4.98 Å². The van der Waals surface area contributed by atoms with Gasteiger partial charge in [-0.05, 0) is 37.0 Å². The first-order valence-electron chi connectivity index (χ1n) is 7.15.